The van der Waals surface area contributed by atoms with E-state index in [0.29, 0.717) is 44.1 Å². The summed E-state index contributed by atoms with van der Waals surface area (Å²) in [5.74, 6) is -6.20. The molecule has 71 heavy (non-hydrogen) atoms. The van der Waals surface area contributed by atoms with Crippen LogP contribution in [-0.4, -0.2) is 131 Å². The lowest BCUT2D eigenvalue weighted by Crippen LogP contribution is -2.69. The Kier molecular flexibility index (Phi) is 17.6. The number of allylic oxidation sites excluding steroid dienone is 4. The molecule has 1 heterocycles. The van der Waals surface area contributed by atoms with Gasteiger partial charge in [0.2, 0.25) is 35.3 Å². The van der Waals surface area contributed by atoms with Crippen LogP contribution in [-0.2, 0) is 63.8 Å². The van der Waals surface area contributed by atoms with Gasteiger partial charge in [0.1, 0.15) is 19.4 Å². The topological polar surface area (TPSA) is 273 Å². The molecule has 0 bridgehead atoms. The number of nitrogens with zero attached hydrogens (tertiary/aromatic N) is 1. The fraction of sp³-hybridized carbons (Fsp3) is 0.569. The number of fused-ring (bicyclic) bond motifs is 5. The van der Waals surface area contributed by atoms with Crippen molar-refractivity contribution in [3.63, 3.8) is 0 Å². The van der Waals surface area contributed by atoms with Crippen LogP contribution >= 0.6 is 11.6 Å². The number of hydrogen-bond donors (Lipinski definition) is 6. The number of alkyl halides is 1. The smallest absolute Gasteiger partial charge is 0.306 e. The van der Waals surface area contributed by atoms with Gasteiger partial charge < -0.3 is 41.2 Å². The van der Waals surface area contributed by atoms with Crippen LogP contribution in [0.1, 0.15) is 91.0 Å². The molecule has 384 valence electrons. The zero-order chi connectivity index (χ0) is 51.7. The molecule has 6 N–H and O–H groups in total. The molecule has 19 nitrogen and oxygen atoms in total. The number of Topliss-reactive ketones (excluding diaryl/α,β-unsaturated/α-hetero) is 1. The minimum absolute atomic E-state index is 0.00550. The van der Waals surface area contributed by atoms with Crippen molar-refractivity contribution in [2.75, 3.05) is 39.5 Å². The molecule has 3 saturated carbocycles. The highest BCUT2D eigenvalue weighted by molar-refractivity contribution is 6.26. The SMILES string of the molecule is CCC(=O)O[C@]1(C(=O)COCNC(=O)CNC(=O)C(Cc2ccccc2)NC(=O)CNC(=O)CNC(=O)CCCCCN2C(=O)C=CC2=O)[C@@H](C)CC2[C@@H]3CCC4=CC(=O)C=C[C@]4(C)[C@@]3(Cl)[C@@H](O)C[C@@]21C. The highest BCUT2D eigenvalue weighted by atomic mass is 35.5. The third kappa shape index (κ3) is 11.5. The second-order valence-corrected chi connectivity index (χ2v) is 20.2. The Morgan fingerprint density at radius 2 is 1.51 bits per heavy atom. The standard InChI is InChI=1S/C51H65ClN6O13/c1-5-46(68)71-51(31(2)22-36-35-16-15-33-24-34(59)19-20-48(33,3)50(35,52)38(60)25-49(36,51)4)39(61)29-70-30-56-42(64)27-55-47(69)37(23-32-12-8-6-9-13-32)57-43(65)28-54-41(63)26-53-40(62)14-10-7-11-21-58-44(66)17-18-45(58)67/h6,8-9,12-13,17-20,24,31,35-38,60H,5,7,10-11,14-16,21-23,25-30H2,1-4H3,(H,53,62)(H,54,63)(H,55,69)(H,56,64)(H,57,65)/t31-,35-,36?,37?,38-,48-,49-,50-,51-/m0/s1. The summed E-state index contributed by atoms with van der Waals surface area (Å²) >= 11 is 7.61. The van der Waals surface area contributed by atoms with Crippen LogP contribution in [0.3, 0.4) is 0 Å². The number of ether oxygens (including phenoxy) is 2. The summed E-state index contributed by atoms with van der Waals surface area (Å²) in [5, 5.41) is 24.5. The quantitative estimate of drug-likeness (QED) is 0.0301. The van der Waals surface area contributed by atoms with E-state index in [4.69, 9.17) is 21.1 Å². The summed E-state index contributed by atoms with van der Waals surface area (Å²) in [5.41, 5.74) is -2.03. The summed E-state index contributed by atoms with van der Waals surface area (Å²) in [6.07, 6.45) is 9.48. The number of aliphatic hydroxyl groups excluding tert-OH is 1. The van der Waals surface area contributed by atoms with Crippen molar-refractivity contribution in [3.8, 4) is 0 Å². The van der Waals surface area contributed by atoms with Crippen molar-refractivity contribution in [1.29, 1.82) is 0 Å². The van der Waals surface area contributed by atoms with Crippen molar-refractivity contribution < 1.29 is 62.5 Å². The molecule has 20 heteroatoms. The number of unbranched alkanes of at least 4 members (excludes halogenated alkanes) is 2. The number of halogens is 1. The lowest BCUT2D eigenvalue weighted by atomic mass is 9.45. The largest absolute Gasteiger partial charge is 0.450 e. The fourth-order valence-corrected chi connectivity index (χ4v) is 12.1. The minimum atomic E-state index is -1.70. The Balaban J connectivity index is 0.969. The summed E-state index contributed by atoms with van der Waals surface area (Å²) in [6.45, 7) is 5.07. The van der Waals surface area contributed by atoms with E-state index in [1.165, 1.54) is 18.2 Å². The maximum absolute atomic E-state index is 14.5. The van der Waals surface area contributed by atoms with Gasteiger partial charge in [0, 0.05) is 54.7 Å². The summed E-state index contributed by atoms with van der Waals surface area (Å²) in [6, 6.07) is 7.62. The number of benzene rings is 1. The molecule has 0 saturated heterocycles. The lowest BCUT2D eigenvalue weighted by molar-refractivity contribution is -0.203. The number of carbonyl (C=O) groups is 10. The number of imide groups is 1. The molecule has 6 rings (SSSR count). The van der Waals surface area contributed by atoms with Gasteiger partial charge in [-0.2, -0.15) is 0 Å². The summed E-state index contributed by atoms with van der Waals surface area (Å²) in [7, 11) is 0. The number of amides is 7. The molecule has 0 spiro atoms. The van der Waals surface area contributed by atoms with Crippen molar-refractivity contribution in [1.82, 2.24) is 31.5 Å². The van der Waals surface area contributed by atoms with Crippen LogP contribution in [0.25, 0.3) is 0 Å². The van der Waals surface area contributed by atoms with Gasteiger partial charge in [0.25, 0.3) is 11.8 Å². The monoisotopic (exact) mass is 1000 g/mol. The van der Waals surface area contributed by atoms with Gasteiger partial charge in [0.05, 0.1) is 30.6 Å². The van der Waals surface area contributed by atoms with E-state index in [-0.39, 0.29) is 61.7 Å². The Bertz CT molecular complexity index is 2360. The molecule has 2 unspecified atom stereocenters. The molecule has 1 aliphatic heterocycles. The molecule has 0 radical (unpaired) electrons. The molecule has 1 aromatic rings. The first-order chi connectivity index (χ1) is 33.7. The van der Waals surface area contributed by atoms with Gasteiger partial charge in [-0.1, -0.05) is 76.1 Å². The lowest BCUT2D eigenvalue weighted by Gasteiger charge is -2.64. The second-order valence-electron chi connectivity index (χ2n) is 19.5. The zero-order valence-electron chi connectivity index (χ0n) is 40.6. The predicted molar refractivity (Wildman–Crippen MR) is 256 cm³/mol. The van der Waals surface area contributed by atoms with Crippen LogP contribution in [0.15, 0.2) is 66.3 Å². The van der Waals surface area contributed by atoms with Gasteiger partial charge >= 0.3 is 5.97 Å². The summed E-state index contributed by atoms with van der Waals surface area (Å²) in [4.78, 5) is 127. The average molecular weight is 1010 g/mol. The number of carbonyl (C=O) groups excluding carboxylic acids is 10. The van der Waals surface area contributed by atoms with E-state index in [2.05, 4.69) is 26.6 Å². The predicted octanol–water partition coefficient (Wildman–Crippen LogP) is 1.79. The zero-order valence-corrected chi connectivity index (χ0v) is 41.4. The third-order valence-electron chi connectivity index (χ3n) is 15.2. The number of esters is 1. The van der Waals surface area contributed by atoms with Gasteiger partial charge in [-0.15, -0.1) is 11.6 Å². The Morgan fingerprint density at radius 1 is 0.845 bits per heavy atom. The van der Waals surface area contributed by atoms with Crippen LogP contribution in [0.4, 0.5) is 0 Å². The van der Waals surface area contributed by atoms with E-state index < -0.39 is 114 Å². The van der Waals surface area contributed by atoms with Crippen LogP contribution in [0.5, 0.6) is 0 Å². The van der Waals surface area contributed by atoms with Crippen LogP contribution in [0.2, 0.25) is 0 Å². The number of hydrogen-bond acceptors (Lipinski definition) is 13. The van der Waals surface area contributed by atoms with E-state index in [1.54, 1.807) is 49.4 Å². The van der Waals surface area contributed by atoms with Crippen molar-refractivity contribution in [2.45, 2.75) is 115 Å². The van der Waals surface area contributed by atoms with Gasteiger partial charge in [-0.25, -0.2) is 0 Å². The highest BCUT2D eigenvalue weighted by Crippen LogP contribution is 2.72. The molecule has 9 atom stereocenters. The fourth-order valence-electron chi connectivity index (χ4n) is 11.6. The number of ketones is 2. The Labute approximate surface area is 417 Å². The van der Waals surface area contributed by atoms with E-state index in [0.717, 1.165) is 10.5 Å². The van der Waals surface area contributed by atoms with Crippen LogP contribution in [0, 0.1) is 28.6 Å². The number of aliphatic hydroxyl groups is 1. The molecule has 0 aromatic heterocycles. The van der Waals surface area contributed by atoms with E-state index in [9.17, 15) is 53.1 Å². The Hall–Kier alpha value is -6.05. The van der Waals surface area contributed by atoms with E-state index in [1.807, 2.05) is 20.8 Å². The van der Waals surface area contributed by atoms with Gasteiger partial charge in [0.15, 0.2) is 11.4 Å². The number of nitrogens with one attached hydrogen (secondary N) is 5. The van der Waals surface area contributed by atoms with Crippen molar-refractivity contribution in [3.05, 3.63) is 71.8 Å². The van der Waals surface area contributed by atoms with Gasteiger partial charge in [-0.05, 0) is 68.1 Å². The summed E-state index contributed by atoms with van der Waals surface area (Å²) < 4.78 is 11.9. The minimum Gasteiger partial charge on any atom is -0.450 e. The second kappa shape index (κ2) is 23.0. The first-order valence-corrected chi connectivity index (χ1v) is 24.7. The molecule has 7 amide bonds. The molecule has 1 aromatic carbocycles. The molecular weight excluding hydrogens is 940 g/mol. The molecule has 4 aliphatic carbocycles. The van der Waals surface area contributed by atoms with E-state index >= 15 is 0 Å². The average Bonchev–Trinajstić information content (AvgIpc) is 3.77. The van der Waals surface area contributed by atoms with Crippen molar-refractivity contribution >= 4 is 70.5 Å². The Morgan fingerprint density at radius 3 is 2.21 bits per heavy atom. The first kappa shape index (κ1) is 54.3. The molecule has 3 fully saturated rings. The van der Waals surface area contributed by atoms with Crippen molar-refractivity contribution in [2.24, 2.45) is 28.6 Å². The normalized spacial score (nSPS) is 28.7. The highest BCUT2D eigenvalue weighted by Gasteiger charge is 2.76. The maximum atomic E-state index is 14.5. The first-order valence-electron chi connectivity index (χ1n) is 24.3. The maximum Gasteiger partial charge on any atom is 0.306 e. The van der Waals surface area contributed by atoms with Crippen LogP contribution < -0.4 is 26.6 Å². The third-order valence-corrected chi connectivity index (χ3v) is 16.1. The molecular formula is C51H65ClN6O13. The number of rotatable bonds is 23. The van der Waals surface area contributed by atoms with Gasteiger partial charge in [-0.3, -0.25) is 52.8 Å². The molecule has 5 aliphatic rings.